The van der Waals surface area contributed by atoms with E-state index in [4.69, 9.17) is 0 Å². The molecule has 0 atom stereocenters. The minimum atomic E-state index is -0.490. The number of hydrogen-bond donors (Lipinski definition) is 2. The average molecular weight is 294 g/mol. The van der Waals surface area contributed by atoms with Crippen LogP contribution in [0.4, 0.5) is 5.69 Å². The highest BCUT2D eigenvalue weighted by Gasteiger charge is 2.29. The lowest BCUT2D eigenvalue weighted by atomic mass is 10.1. The number of amides is 3. The van der Waals surface area contributed by atoms with Crippen molar-refractivity contribution < 1.29 is 14.4 Å². The zero-order chi connectivity index (χ0) is 15.9. The zero-order valence-corrected chi connectivity index (χ0v) is 12.2. The minimum Gasteiger partial charge on any atom is -0.321 e. The Kier molecular flexibility index (Phi) is 3.25. The first-order valence-electron chi connectivity index (χ1n) is 6.84. The number of carbonyl (C=O) groups is 3. The van der Waals surface area contributed by atoms with E-state index in [1.165, 1.54) is 0 Å². The third-order valence-corrected chi connectivity index (χ3v) is 3.50. The average Bonchev–Trinajstić information content (AvgIpc) is 2.74. The van der Waals surface area contributed by atoms with Gasteiger partial charge < -0.3 is 5.32 Å². The van der Waals surface area contributed by atoms with Crippen LogP contribution in [0.2, 0.25) is 0 Å². The predicted octanol–water partition coefficient (Wildman–Crippen LogP) is 2.44. The van der Waals surface area contributed by atoms with Gasteiger partial charge >= 0.3 is 0 Å². The van der Waals surface area contributed by atoms with E-state index in [-0.39, 0.29) is 17.0 Å². The van der Waals surface area contributed by atoms with Crippen molar-refractivity contribution in [3.05, 3.63) is 64.2 Å². The zero-order valence-electron chi connectivity index (χ0n) is 12.2. The summed E-state index contributed by atoms with van der Waals surface area (Å²) in [6.07, 6.45) is 0. The van der Waals surface area contributed by atoms with Crippen molar-refractivity contribution in [2.45, 2.75) is 13.8 Å². The molecule has 110 valence electrons. The molecule has 0 fully saturated rings. The first-order chi connectivity index (χ1) is 10.5. The normalized spacial score (nSPS) is 12.8. The highest BCUT2D eigenvalue weighted by Crippen LogP contribution is 2.25. The van der Waals surface area contributed by atoms with Gasteiger partial charge in [-0.2, -0.15) is 0 Å². The molecule has 1 aliphatic heterocycles. The number of imide groups is 1. The summed E-state index contributed by atoms with van der Waals surface area (Å²) in [4.78, 5) is 35.8. The minimum absolute atomic E-state index is 0.213. The van der Waals surface area contributed by atoms with Crippen molar-refractivity contribution in [2.24, 2.45) is 0 Å². The van der Waals surface area contributed by atoms with Crippen LogP contribution in [-0.2, 0) is 0 Å². The lowest BCUT2D eigenvalue weighted by Crippen LogP contribution is -2.21. The molecule has 2 aromatic rings. The number of anilines is 1. The standard InChI is InChI=1S/C17H14N2O3/c1-9-6-10(2)8-11(7-9)15(20)18-13-5-3-4-12-14(13)17(22)19-16(12)21/h3-8H,1-2H3,(H,18,20)(H,19,21,22). The van der Waals surface area contributed by atoms with Crippen LogP contribution in [-0.4, -0.2) is 17.7 Å². The van der Waals surface area contributed by atoms with Gasteiger partial charge in [-0.25, -0.2) is 0 Å². The van der Waals surface area contributed by atoms with Crippen LogP contribution < -0.4 is 10.6 Å². The highest BCUT2D eigenvalue weighted by atomic mass is 16.2. The van der Waals surface area contributed by atoms with Crippen molar-refractivity contribution in [3.63, 3.8) is 0 Å². The van der Waals surface area contributed by atoms with Crippen LogP contribution in [0, 0.1) is 13.8 Å². The summed E-state index contributed by atoms with van der Waals surface area (Å²) in [5.74, 6) is -1.24. The summed E-state index contributed by atoms with van der Waals surface area (Å²) >= 11 is 0. The van der Waals surface area contributed by atoms with Crippen LogP contribution in [0.5, 0.6) is 0 Å². The van der Waals surface area contributed by atoms with Crippen molar-refractivity contribution in [3.8, 4) is 0 Å². The van der Waals surface area contributed by atoms with Gasteiger partial charge in [-0.15, -0.1) is 0 Å². The van der Waals surface area contributed by atoms with Gasteiger partial charge in [-0.3, -0.25) is 19.7 Å². The Morgan fingerprint density at radius 3 is 2.36 bits per heavy atom. The third kappa shape index (κ3) is 2.37. The lowest BCUT2D eigenvalue weighted by molar-refractivity contribution is 0.0879. The van der Waals surface area contributed by atoms with E-state index in [0.29, 0.717) is 11.3 Å². The quantitative estimate of drug-likeness (QED) is 0.835. The van der Waals surface area contributed by atoms with Crippen LogP contribution in [0.15, 0.2) is 36.4 Å². The van der Waals surface area contributed by atoms with Gasteiger partial charge in [0, 0.05) is 5.56 Å². The Bertz CT molecular complexity index is 804. The second kappa shape index (κ2) is 5.11. The van der Waals surface area contributed by atoms with Crippen LogP contribution >= 0.6 is 0 Å². The Hall–Kier alpha value is -2.95. The van der Waals surface area contributed by atoms with E-state index < -0.39 is 11.8 Å². The molecule has 0 saturated carbocycles. The van der Waals surface area contributed by atoms with Crippen molar-refractivity contribution >= 4 is 23.4 Å². The molecule has 2 aromatic carbocycles. The predicted molar refractivity (Wildman–Crippen MR) is 82.1 cm³/mol. The molecule has 5 nitrogen and oxygen atoms in total. The Labute approximate surface area is 127 Å². The molecule has 0 bridgehead atoms. The van der Waals surface area contributed by atoms with Gasteiger partial charge in [0.25, 0.3) is 17.7 Å². The Morgan fingerprint density at radius 1 is 1.00 bits per heavy atom. The van der Waals surface area contributed by atoms with Crippen LogP contribution in [0.3, 0.4) is 0 Å². The summed E-state index contributed by atoms with van der Waals surface area (Å²) < 4.78 is 0. The van der Waals surface area contributed by atoms with E-state index in [1.54, 1.807) is 30.3 Å². The second-order valence-electron chi connectivity index (χ2n) is 5.34. The fourth-order valence-corrected chi connectivity index (χ4v) is 2.62. The molecule has 0 unspecified atom stereocenters. The van der Waals surface area contributed by atoms with E-state index in [2.05, 4.69) is 10.6 Å². The molecule has 0 spiro atoms. The van der Waals surface area contributed by atoms with Crippen LogP contribution in [0.25, 0.3) is 0 Å². The lowest BCUT2D eigenvalue weighted by Gasteiger charge is -2.09. The fourth-order valence-electron chi connectivity index (χ4n) is 2.62. The van der Waals surface area contributed by atoms with E-state index in [1.807, 2.05) is 19.9 Å². The molecule has 0 aliphatic carbocycles. The highest BCUT2D eigenvalue weighted by molar-refractivity contribution is 6.25. The molecule has 0 radical (unpaired) electrons. The van der Waals surface area contributed by atoms with Gasteiger partial charge in [0.2, 0.25) is 0 Å². The van der Waals surface area contributed by atoms with Gasteiger partial charge in [0.05, 0.1) is 16.8 Å². The van der Waals surface area contributed by atoms with Gasteiger partial charge in [0.15, 0.2) is 0 Å². The maximum atomic E-state index is 12.4. The molecule has 22 heavy (non-hydrogen) atoms. The number of hydrogen-bond acceptors (Lipinski definition) is 3. The molecule has 5 heteroatoms. The largest absolute Gasteiger partial charge is 0.321 e. The fraction of sp³-hybridized carbons (Fsp3) is 0.118. The van der Waals surface area contributed by atoms with Crippen molar-refractivity contribution in [1.82, 2.24) is 5.32 Å². The summed E-state index contributed by atoms with van der Waals surface area (Å²) in [6, 6.07) is 10.3. The molecule has 0 aromatic heterocycles. The number of benzene rings is 2. The summed E-state index contributed by atoms with van der Waals surface area (Å²) in [5.41, 5.74) is 3.31. The molecule has 3 rings (SSSR count). The molecule has 2 N–H and O–H groups in total. The van der Waals surface area contributed by atoms with Crippen molar-refractivity contribution in [2.75, 3.05) is 5.32 Å². The topological polar surface area (TPSA) is 75.3 Å². The maximum Gasteiger partial charge on any atom is 0.261 e. The van der Waals surface area contributed by atoms with Crippen molar-refractivity contribution in [1.29, 1.82) is 0 Å². The molecule has 1 heterocycles. The smallest absolute Gasteiger partial charge is 0.261 e. The number of nitrogens with one attached hydrogen (secondary N) is 2. The molecule has 3 amide bonds. The van der Waals surface area contributed by atoms with Gasteiger partial charge in [0.1, 0.15) is 0 Å². The van der Waals surface area contributed by atoms with Gasteiger partial charge in [-0.1, -0.05) is 23.3 Å². The summed E-state index contributed by atoms with van der Waals surface area (Å²) in [7, 11) is 0. The number of rotatable bonds is 2. The molecule has 1 aliphatic rings. The third-order valence-electron chi connectivity index (χ3n) is 3.50. The number of aryl methyl sites for hydroxylation is 2. The van der Waals surface area contributed by atoms with E-state index in [0.717, 1.165) is 11.1 Å². The second-order valence-corrected chi connectivity index (χ2v) is 5.34. The van der Waals surface area contributed by atoms with E-state index >= 15 is 0 Å². The summed E-state index contributed by atoms with van der Waals surface area (Å²) in [5, 5.41) is 4.94. The summed E-state index contributed by atoms with van der Waals surface area (Å²) in [6.45, 7) is 3.83. The number of fused-ring (bicyclic) bond motifs is 1. The molecular weight excluding hydrogens is 280 g/mol. The molecular formula is C17H14N2O3. The Balaban J connectivity index is 1.96. The monoisotopic (exact) mass is 294 g/mol. The first-order valence-corrected chi connectivity index (χ1v) is 6.84. The van der Waals surface area contributed by atoms with Gasteiger partial charge in [-0.05, 0) is 38.1 Å². The number of carbonyl (C=O) groups excluding carboxylic acids is 3. The molecule has 0 saturated heterocycles. The maximum absolute atomic E-state index is 12.4. The first kappa shape index (κ1) is 14.0. The Morgan fingerprint density at radius 2 is 1.68 bits per heavy atom. The SMILES string of the molecule is Cc1cc(C)cc(C(=O)Nc2cccc3c2C(=O)NC3=O)c1. The van der Waals surface area contributed by atoms with Crippen LogP contribution in [0.1, 0.15) is 42.2 Å². The van der Waals surface area contributed by atoms with E-state index in [9.17, 15) is 14.4 Å².